The number of hydrogen-bond acceptors (Lipinski definition) is 11. The van der Waals surface area contributed by atoms with Crippen LogP contribution in [0.1, 0.15) is 127 Å². The molecule has 316 valence electrons. The van der Waals surface area contributed by atoms with Crippen molar-refractivity contribution in [2.45, 2.75) is 200 Å². The zero-order valence-electron chi connectivity index (χ0n) is 35.3. The van der Waals surface area contributed by atoms with Gasteiger partial charge in [0.05, 0.1) is 42.7 Å². The Labute approximate surface area is 335 Å². The minimum absolute atomic E-state index is 0.0351. The number of hydrogen-bond donors (Lipinski definition) is 1. The molecule has 0 saturated carbocycles. The predicted octanol–water partition coefficient (Wildman–Crippen LogP) is 8.04. The Bertz CT molecular complexity index is 1410. The first-order chi connectivity index (χ1) is 26.6. The highest BCUT2D eigenvalue weighted by molar-refractivity contribution is 5.83. The van der Waals surface area contributed by atoms with Crippen molar-refractivity contribution in [2.24, 2.45) is 23.7 Å². The van der Waals surface area contributed by atoms with E-state index in [2.05, 4.69) is 52.8 Å². The first-order valence-corrected chi connectivity index (χ1v) is 21.4. The maximum absolute atomic E-state index is 12.4. The molecule has 0 aromatic rings. The summed E-state index contributed by atoms with van der Waals surface area (Å²) < 4.78 is 49.5. The Morgan fingerprint density at radius 2 is 1.46 bits per heavy atom. The summed E-state index contributed by atoms with van der Waals surface area (Å²) in [6, 6.07) is 0. The summed E-state index contributed by atoms with van der Waals surface area (Å²) in [5.74, 6) is 0.219. The van der Waals surface area contributed by atoms with Crippen molar-refractivity contribution in [2.75, 3.05) is 0 Å². The van der Waals surface area contributed by atoms with Gasteiger partial charge in [0.25, 0.3) is 0 Å². The molecule has 11 nitrogen and oxygen atoms in total. The second-order valence-electron chi connectivity index (χ2n) is 17.3. The third-order valence-corrected chi connectivity index (χ3v) is 12.2. The molecule has 5 aliphatic heterocycles. The lowest BCUT2D eigenvalue weighted by Crippen LogP contribution is -2.48. The van der Waals surface area contributed by atoms with Crippen LogP contribution in [-0.4, -0.2) is 90.9 Å². The number of cyclic esters (lactones) is 2. The van der Waals surface area contributed by atoms with Crippen molar-refractivity contribution in [1.82, 2.24) is 0 Å². The topological polar surface area (TPSA) is 128 Å². The standard InChI is InChI=1S/C45H70O11/c1-26(10-15-36-29(4)12-19-40(47)52-36)24-28(3)25-27(2)11-16-37(31(6)45-30(5)13-20-41(48)56-45)53-43-22-17-39(33(8)50-43)55-44-23-18-38(34(9)51-44)54-42-21-14-35(46)32(7)49-42/h10-12,15,19,25-26,29-39,42-46H,13-14,16-18,20-24H2,1-9H3/b15-10-,27-11+,28-25+/t26-,29+,30-,31-,32-,33-,34-,35+,36-,37+,38+,39-,42+,43+,44-,45+/m1/s1. The van der Waals surface area contributed by atoms with Crippen molar-refractivity contribution in [1.29, 1.82) is 0 Å². The average molecular weight is 787 g/mol. The van der Waals surface area contributed by atoms with Crippen LogP contribution in [0.3, 0.4) is 0 Å². The number of carbonyl (C=O) groups is 2. The van der Waals surface area contributed by atoms with E-state index in [0.29, 0.717) is 38.5 Å². The molecular weight excluding hydrogens is 716 g/mol. The molecule has 0 aromatic carbocycles. The van der Waals surface area contributed by atoms with Crippen molar-refractivity contribution < 1.29 is 52.6 Å². The van der Waals surface area contributed by atoms with E-state index in [1.165, 1.54) is 11.6 Å². The van der Waals surface area contributed by atoms with Crippen LogP contribution in [0.25, 0.3) is 0 Å². The normalized spacial score (nSPS) is 39.2. The minimum Gasteiger partial charge on any atom is -0.462 e. The molecule has 0 unspecified atom stereocenters. The SMILES string of the molecule is CC(=C\C[C@H](O[C@H]1CC[C@@H](O[C@@H]2CC[C@H](O[C@H]3CC[C@H](O)[C@@H](C)O3)[C@@H](C)O2)[C@@H](C)O1)[C@@H](C)[C@H]1OC(=O)CC[C@H]1C)/C=C(\C)C[C@H](C)/C=C\[C@H]1OC(=O)C=C[C@@H]1C. The number of allylic oxidation sites excluding steroid dienone is 4. The molecular formula is C45H70O11. The molecule has 1 N–H and O–H groups in total. The summed E-state index contributed by atoms with van der Waals surface area (Å²) in [6.45, 7) is 18.7. The summed E-state index contributed by atoms with van der Waals surface area (Å²) in [4.78, 5) is 24.1. The average Bonchev–Trinajstić information content (AvgIpc) is 3.14. The van der Waals surface area contributed by atoms with Crippen molar-refractivity contribution in [3.63, 3.8) is 0 Å². The highest BCUT2D eigenvalue weighted by atomic mass is 16.7. The van der Waals surface area contributed by atoms with Gasteiger partial charge in [0.15, 0.2) is 18.9 Å². The second-order valence-corrected chi connectivity index (χ2v) is 17.3. The third kappa shape index (κ3) is 13.1. The summed E-state index contributed by atoms with van der Waals surface area (Å²) in [6.07, 6.45) is 16.1. The molecule has 16 atom stereocenters. The van der Waals surface area contributed by atoms with Gasteiger partial charge in [-0.15, -0.1) is 0 Å². The van der Waals surface area contributed by atoms with Gasteiger partial charge in [-0.05, 0) is 91.1 Å². The lowest BCUT2D eigenvalue weighted by atomic mass is 9.83. The molecule has 5 aliphatic rings. The molecule has 56 heavy (non-hydrogen) atoms. The van der Waals surface area contributed by atoms with Crippen LogP contribution in [-0.2, 0) is 47.5 Å². The van der Waals surface area contributed by atoms with Gasteiger partial charge in [-0.1, -0.05) is 63.1 Å². The number of carbonyl (C=O) groups excluding carboxylic acids is 2. The van der Waals surface area contributed by atoms with Crippen LogP contribution in [0, 0.1) is 23.7 Å². The summed E-state index contributed by atoms with van der Waals surface area (Å²) in [5, 5.41) is 9.99. The Kier molecular flexibility index (Phi) is 16.8. The fraction of sp³-hybridized carbons (Fsp3) is 0.778. The second kappa shape index (κ2) is 21.0. The molecule has 4 fully saturated rings. The monoisotopic (exact) mass is 786 g/mol. The van der Waals surface area contributed by atoms with Crippen LogP contribution in [0.5, 0.6) is 0 Å². The van der Waals surface area contributed by atoms with Crippen LogP contribution in [0.2, 0.25) is 0 Å². The maximum Gasteiger partial charge on any atom is 0.331 e. The van der Waals surface area contributed by atoms with Gasteiger partial charge in [0, 0.05) is 43.6 Å². The zero-order valence-corrected chi connectivity index (χ0v) is 35.3. The first-order valence-electron chi connectivity index (χ1n) is 21.4. The largest absolute Gasteiger partial charge is 0.462 e. The molecule has 0 aliphatic carbocycles. The maximum atomic E-state index is 12.4. The van der Waals surface area contributed by atoms with Gasteiger partial charge in [-0.2, -0.15) is 0 Å². The van der Waals surface area contributed by atoms with E-state index in [-0.39, 0.29) is 97.0 Å². The summed E-state index contributed by atoms with van der Waals surface area (Å²) >= 11 is 0. The van der Waals surface area contributed by atoms with Gasteiger partial charge in [-0.25, -0.2) is 4.79 Å². The Hall–Kier alpha value is -2.38. The van der Waals surface area contributed by atoms with Crippen LogP contribution < -0.4 is 0 Å². The van der Waals surface area contributed by atoms with Crippen LogP contribution in [0.4, 0.5) is 0 Å². The zero-order chi connectivity index (χ0) is 40.5. The van der Waals surface area contributed by atoms with Gasteiger partial charge in [0.1, 0.15) is 12.2 Å². The van der Waals surface area contributed by atoms with Crippen molar-refractivity contribution in [3.8, 4) is 0 Å². The number of aliphatic hydroxyl groups excluding tert-OH is 1. The smallest absolute Gasteiger partial charge is 0.331 e. The van der Waals surface area contributed by atoms with Crippen molar-refractivity contribution in [3.05, 3.63) is 47.6 Å². The summed E-state index contributed by atoms with van der Waals surface area (Å²) in [5.41, 5.74) is 2.40. The third-order valence-electron chi connectivity index (χ3n) is 12.2. The van der Waals surface area contributed by atoms with E-state index in [0.717, 1.165) is 31.3 Å². The molecule has 5 rings (SSSR count). The summed E-state index contributed by atoms with van der Waals surface area (Å²) in [7, 11) is 0. The van der Waals surface area contributed by atoms with Crippen LogP contribution in [0.15, 0.2) is 47.6 Å². The molecule has 0 aromatic heterocycles. The van der Waals surface area contributed by atoms with Gasteiger partial charge in [0.2, 0.25) is 0 Å². The molecule has 11 heteroatoms. The lowest BCUT2D eigenvalue weighted by Gasteiger charge is -2.42. The fourth-order valence-corrected chi connectivity index (χ4v) is 8.63. The van der Waals surface area contributed by atoms with Crippen LogP contribution >= 0.6 is 0 Å². The van der Waals surface area contributed by atoms with Crippen molar-refractivity contribution >= 4 is 11.9 Å². The highest BCUT2D eigenvalue weighted by Gasteiger charge is 2.40. The Morgan fingerprint density at radius 3 is 2.12 bits per heavy atom. The molecule has 0 bridgehead atoms. The van der Waals surface area contributed by atoms with Gasteiger partial charge in [-0.3, -0.25) is 4.79 Å². The van der Waals surface area contributed by atoms with E-state index in [1.54, 1.807) is 0 Å². The van der Waals surface area contributed by atoms with E-state index < -0.39 is 12.4 Å². The number of rotatable bonds is 15. The van der Waals surface area contributed by atoms with E-state index in [4.69, 9.17) is 37.9 Å². The molecule has 5 heterocycles. The van der Waals surface area contributed by atoms with Gasteiger partial charge < -0.3 is 43.0 Å². The predicted molar refractivity (Wildman–Crippen MR) is 212 cm³/mol. The highest BCUT2D eigenvalue weighted by Crippen LogP contribution is 2.35. The molecule has 0 amide bonds. The number of aliphatic hydroxyl groups is 1. The molecule has 0 radical (unpaired) electrons. The van der Waals surface area contributed by atoms with E-state index in [1.807, 2.05) is 39.8 Å². The van der Waals surface area contributed by atoms with Gasteiger partial charge >= 0.3 is 11.9 Å². The van der Waals surface area contributed by atoms with E-state index >= 15 is 0 Å². The Balaban J connectivity index is 1.14. The van der Waals surface area contributed by atoms with E-state index in [9.17, 15) is 14.7 Å². The molecule has 4 saturated heterocycles. The number of ether oxygens (including phenoxy) is 8. The fourth-order valence-electron chi connectivity index (χ4n) is 8.63. The quantitative estimate of drug-likeness (QED) is 0.0985. The molecule has 0 spiro atoms. The number of esters is 2. The lowest BCUT2D eigenvalue weighted by molar-refractivity contribution is -0.306. The Morgan fingerprint density at radius 1 is 0.839 bits per heavy atom. The minimum atomic E-state index is -0.445. The first kappa shape index (κ1) is 44.7.